The van der Waals surface area contributed by atoms with Gasteiger partial charge in [-0.25, -0.2) is 4.68 Å². The van der Waals surface area contributed by atoms with Gasteiger partial charge in [-0.1, -0.05) is 18.2 Å². The molecule has 250 valence electrons. The van der Waals surface area contributed by atoms with Crippen LogP contribution in [0.25, 0.3) is 0 Å². The highest BCUT2D eigenvalue weighted by Crippen LogP contribution is 2.33. The lowest BCUT2D eigenvalue weighted by Crippen LogP contribution is -2.44. The molecule has 12 heteroatoms. The van der Waals surface area contributed by atoms with Gasteiger partial charge in [0.2, 0.25) is 5.91 Å². The molecule has 0 aliphatic carbocycles. The number of aromatic nitrogens is 2. The summed E-state index contributed by atoms with van der Waals surface area (Å²) in [5.41, 5.74) is 4.44. The number of hydrogen-bond acceptors (Lipinski definition) is 8. The Morgan fingerprint density at radius 3 is 2.53 bits per heavy atom. The molecule has 1 aromatic heterocycles. The summed E-state index contributed by atoms with van der Waals surface area (Å²) in [4.78, 5) is 41.6. The fourth-order valence-corrected chi connectivity index (χ4v) is 7.62. The Balaban J connectivity index is 1.03. The van der Waals surface area contributed by atoms with Gasteiger partial charge in [0.15, 0.2) is 0 Å². The smallest absolute Gasteiger partial charge is 0.282 e. The van der Waals surface area contributed by atoms with Crippen molar-refractivity contribution in [2.75, 3.05) is 38.5 Å². The zero-order valence-electron chi connectivity index (χ0n) is 27.1. The van der Waals surface area contributed by atoms with Crippen molar-refractivity contribution in [1.29, 1.82) is 0 Å². The Bertz CT molecular complexity index is 1670. The molecule has 2 amide bonds. The number of aliphatic hydroxyl groups is 1. The molecule has 2 aromatic carbocycles. The maximum Gasteiger partial charge on any atom is 0.282 e. The fourth-order valence-electron chi connectivity index (χ4n) is 7.15. The largest absolute Gasteiger partial charge is 0.490 e. The Labute approximate surface area is 283 Å². The van der Waals surface area contributed by atoms with Crippen LogP contribution in [-0.4, -0.2) is 88.1 Å². The second-order valence-electron chi connectivity index (χ2n) is 13.2. The number of carbonyl (C=O) groups excluding carboxylic acids is 2. The highest BCUT2D eigenvalue weighted by Gasteiger charge is 2.31. The van der Waals surface area contributed by atoms with Gasteiger partial charge < -0.3 is 30.3 Å². The van der Waals surface area contributed by atoms with Gasteiger partial charge in [0, 0.05) is 70.0 Å². The van der Waals surface area contributed by atoms with Gasteiger partial charge in [0.1, 0.15) is 22.6 Å². The molecule has 3 N–H and O–H groups in total. The number of amides is 2. The Hall–Kier alpha value is -3.74. The molecule has 11 nitrogen and oxygen atoms in total. The number of halogens is 1. The summed E-state index contributed by atoms with van der Waals surface area (Å²) in [7, 11) is 3.73. The molecule has 0 saturated carbocycles. The van der Waals surface area contributed by atoms with E-state index in [0.717, 1.165) is 49.2 Å². The Kier molecular flexibility index (Phi) is 10.00. The van der Waals surface area contributed by atoms with Crippen LogP contribution in [0.4, 0.5) is 5.69 Å². The first-order valence-electron chi connectivity index (χ1n) is 16.4. The summed E-state index contributed by atoms with van der Waals surface area (Å²) in [6.07, 6.45) is 4.13. The molecule has 3 saturated heterocycles. The highest BCUT2D eigenvalue weighted by atomic mass is 79.9. The third-order valence-corrected chi connectivity index (χ3v) is 10.5. The quantitative estimate of drug-likeness (QED) is 0.339. The maximum atomic E-state index is 13.4. The van der Waals surface area contributed by atoms with Crippen LogP contribution in [0, 0.1) is 6.92 Å². The molecule has 3 aliphatic heterocycles. The SMILES string of the molecule is Cc1ccc(OC2CCN(C(=O)c3ccc(C4CC(Nc5cnn(C)c(=O)c5Br)CN(C)C4)cc3)CC2)cc1C1CCC(=O)NC1O. The third kappa shape index (κ3) is 7.55. The molecular weight excluding hydrogens is 664 g/mol. The summed E-state index contributed by atoms with van der Waals surface area (Å²) in [6, 6.07) is 14.1. The average molecular weight is 708 g/mol. The number of aryl methyl sites for hydroxylation is 2. The second-order valence-corrected chi connectivity index (χ2v) is 14.0. The number of hydrogen-bond donors (Lipinski definition) is 3. The number of likely N-dealkylation sites (N-methyl/N-ethyl adjacent to an activating group) is 1. The molecule has 3 fully saturated rings. The van der Waals surface area contributed by atoms with Crippen LogP contribution in [0.1, 0.15) is 71.0 Å². The van der Waals surface area contributed by atoms with Gasteiger partial charge in [-0.05, 0) is 89.6 Å². The lowest BCUT2D eigenvalue weighted by Gasteiger charge is -2.37. The number of rotatable bonds is 7. The van der Waals surface area contributed by atoms with E-state index >= 15 is 0 Å². The van der Waals surface area contributed by atoms with Gasteiger partial charge in [-0.15, -0.1) is 0 Å². The first-order chi connectivity index (χ1) is 22.5. The zero-order chi connectivity index (χ0) is 33.2. The summed E-state index contributed by atoms with van der Waals surface area (Å²) in [5, 5.41) is 20.7. The summed E-state index contributed by atoms with van der Waals surface area (Å²) in [5.74, 6) is 0.776. The molecule has 4 unspecified atom stereocenters. The van der Waals surface area contributed by atoms with E-state index in [4.69, 9.17) is 4.74 Å². The van der Waals surface area contributed by atoms with Crippen LogP contribution in [0.15, 0.2) is 57.9 Å². The predicted molar refractivity (Wildman–Crippen MR) is 183 cm³/mol. The van der Waals surface area contributed by atoms with Crippen molar-refractivity contribution in [1.82, 2.24) is 24.9 Å². The van der Waals surface area contributed by atoms with E-state index in [1.807, 2.05) is 42.2 Å². The van der Waals surface area contributed by atoms with E-state index in [1.54, 1.807) is 13.2 Å². The van der Waals surface area contributed by atoms with Crippen molar-refractivity contribution in [2.24, 2.45) is 7.05 Å². The van der Waals surface area contributed by atoms with Crippen LogP contribution in [0.5, 0.6) is 5.75 Å². The lowest BCUT2D eigenvalue weighted by molar-refractivity contribution is -0.127. The molecule has 0 bridgehead atoms. The molecular formula is C35H43BrN6O5. The van der Waals surface area contributed by atoms with Crippen molar-refractivity contribution in [3.8, 4) is 5.75 Å². The molecule has 0 spiro atoms. The van der Waals surface area contributed by atoms with Crippen molar-refractivity contribution in [2.45, 2.75) is 69.2 Å². The van der Waals surface area contributed by atoms with Gasteiger partial charge in [0.25, 0.3) is 11.5 Å². The lowest BCUT2D eigenvalue weighted by atomic mass is 9.87. The van der Waals surface area contributed by atoms with E-state index in [2.05, 4.69) is 55.7 Å². The number of aliphatic hydroxyl groups excluding tert-OH is 1. The number of ether oxygens (including phenoxy) is 1. The number of carbonyl (C=O) groups is 2. The monoisotopic (exact) mass is 706 g/mol. The standard InChI is InChI=1S/C35H43BrN6O5/c1-21-4-9-27(17-29(21)28-10-11-31(43)39-33(28)44)47-26-12-14-42(15-13-26)34(45)23-7-5-22(6-8-23)24-16-25(20-40(2)19-24)38-30-18-37-41(3)35(46)32(30)36/h4-9,17-18,24-26,28,33,38,44H,10-16,19-20H2,1-3H3,(H,39,43). The number of anilines is 1. The van der Waals surface area contributed by atoms with Crippen LogP contribution >= 0.6 is 15.9 Å². The third-order valence-electron chi connectivity index (χ3n) is 9.75. The van der Waals surface area contributed by atoms with Gasteiger partial charge in [-0.3, -0.25) is 14.4 Å². The van der Waals surface area contributed by atoms with Crippen molar-refractivity contribution < 1.29 is 19.4 Å². The van der Waals surface area contributed by atoms with Crippen molar-refractivity contribution >= 4 is 33.4 Å². The van der Waals surface area contributed by atoms with E-state index in [9.17, 15) is 19.5 Å². The van der Waals surface area contributed by atoms with Gasteiger partial charge in [0.05, 0.1) is 11.9 Å². The van der Waals surface area contributed by atoms with Crippen LogP contribution < -0.4 is 20.9 Å². The maximum absolute atomic E-state index is 13.4. The molecule has 0 radical (unpaired) electrons. The van der Waals surface area contributed by atoms with Crippen LogP contribution in [0.2, 0.25) is 0 Å². The van der Waals surface area contributed by atoms with E-state index in [-0.39, 0.29) is 41.4 Å². The summed E-state index contributed by atoms with van der Waals surface area (Å²) in [6.45, 7) is 5.00. The first-order valence-corrected chi connectivity index (χ1v) is 17.2. The zero-order valence-corrected chi connectivity index (χ0v) is 28.7. The van der Waals surface area contributed by atoms with E-state index < -0.39 is 6.23 Å². The molecule has 47 heavy (non-hydrogen) atoms. The van der Waals surface area contributed by atoms with Crippen LogP contribution in [0.3, 0.4) is 0 Å². The molecule has 3 aliphatic rings. The molecule has 4 heterocycles. The minimum Gasteiger partial charge on any atom is -0.490 e. The number of piperidine rings is 3. The average Bonchev–Trinajstić information content (AvgIpc) is 3.06. The normalized spacial score (nSPS) is 24.1. The highest BCUT2D eigenvalue weighted by molar-refractivity contribution is 9.10. The van der Waals surface area contributed by atoms with Gasteiger partial charge in [-0.2, -0.15) is 5.10 Å². The Morgan fingerprint density at radius 2 is 1.81 bits per heavy atom. The Morgan fingerprint density at radius 1 is 1.06 bits per heavy atom. The van der Waals surface area contributed by atoms with E-state index in [1.165, 1.54) is 10.2 Å². The van der Waals surface area contributed by atoms with Gasteiger partial charge >= 0.3 is 0 Å². The molecule has 3 aromatic rings. The number of benzene rings is 2. The fraction of sp³-hybridized carbons (Fsp3) is 0.486. The topological polar surface area (TPSA) is 129 Å². The first kappa shape index (κ1) is 33.2. The predicted octanol–water partition coefficient (Wildman–Crippen LogP) is 3.75. The van der Waals surface area contributed by atoms with Crippen molar-refractivity contribution in [3.05, 3.63) is 85.7 Å². The number of nitrogens with zero attached hydrogens (tertiary/aromatic N) is 4. The summed E-state index contributed by atoms with van der Waals surface area (Å²) < 4.78 is 8.14. The van der Waals surface area contributed by atoms with E-state index in [0.29, 0.717) is 41.7 Å². The minimum atomic E-state index is -0.899. The molecule has 4 atom stereocenters. The van der Waals surface area contributed by atoms with Crippen LogP contribution in [-0.2, 0) is 11.8 Å². The molecule has 6 rings (SSSR count). The number of likely N-dealkylation sites (tertiary alicyclic amines) is 2. The second kappa shape index (κ2) is 14.2. The minimum absolute atomic E-state index is 0.00638. The summed E-state index contributed by atoms with van der Waals surface area (Å²) >= 11 is 3.42. The van der Waals surface area contributed by atoms with Crippen molar-refractivity contribution in [3.63, 3.8) is 0 Å². The number of nitrogens with one attached hydrogen (secondary N) is 2.